The summed E-state index contributed by atoms with van der Waals surface area (Å²) in [5.74, 6) is 0.425. The molecule has 0 aromatic heterocycles. The number of hydrogen-bond donors (Lipinski definition) is 4. The number of thioether (sulfide) groups is 1. The van der Waals surface area contributed by atoms with Gasteiger partial charge in [-0.25, -0.2) is 0 Å². The predicted molar refractivity (Wildman–Crippen MR) is 74.3 cm³/mol. The molecule has 0 bridgehead atoms. The average molecular weight is 285 g/mol. The summed E-state index contributed by atoms with van der Waals surface area (Å²) < 4.78 is 0. The number of amides is 1. The van der Waals surface area contributed by atoms with E-state index in [4.69, 9.17) is 15.3 Å². The number of carbonyl (C=O) groups is 1. The fraction of sp³-hybridized carbons (Fsp3) is 0.462. The van der Waals surface area contributed by atoms with Crippen LogP contribution >= 0.6 is 11.8 Å². The van der Waals surface area contributed by atoms with Crippen molar-refractivity contribution in [3.05, 3.63) is 29.8 Å². The van der Waals surface area contributed by atoms with Gasteiger partial charge in [-0.15, -0.1) is 11.8 Å². The van der Waals surface area contributed by atoms with Gasteiger partial charge in [0, 0.05) is 22.8 Å². The second-order valence-electron chi connectivity index (χ2n) is 3.98. The maximum atomic E-state index is 11.7. The zero-order valence-corrected chi connectivity index (χ0v) is 11.4. The molecule has 0 unspecified atom stereocenters. The van der Waals surface area contributed by atoms with Crippen molar-refractivity contribution in [1.29, 1.82) is 0 Å². The lowest BCUT2D eigenvalue weighted by Gasteiger charge is -2.08. The van der Waals surface area contributed by atoms with E-state index in [0.717, 1.165) is 4.90 Å². The highest BCUT2D eigenvalue weighted by Crippen LogP contribution is 2.17. The molecule has 106 valence electrons. The van der Waals surface area contributed by atoms with E-state index in [9.17, 15) is 4.79 Å². The summed E-state index contributed by atoms with van der Waals surface area (Å²) in [5, 5.41) is 29.2. The Balaban J connectivity index is 2.40. The van der Waals surface area contributed by atoms with E-state index in [0.29, 0.717) is 24.3 Å². The summed E-state index contributed by atoms with van der Waals surface area (Å²) in [5.41, 5.74) is 0.548. The van der Waals surface area contributed by atoms with Gasteiger partial charge in [0.15, 0.2) is 0 Å². The second-order valence-corrected chi connectivity index (χ2v) is 5.15. The summed E-state index contributed by atoms with van der Waals surface area (Å²) in [6.45, 7) is 0.147. The molecule has 0 aliphatic heterocycles. The minimum Gasteiger partial charge on any atom is -0.396 e. The fourth-order valence-electron chi connectivity index (χ4n) is 1.41. The van der Waals surface area contributed by atoms with Gasteiger partial charge in [-0.05, 0) is 30.7 Å². The highest BCUT2D eigenvalue weighted by molar-refractivity contribution is 7.99. The van der Waals surface area contributed by atoms with E-state index >= 15 is 0 Å². The lowest BCUT2D eigenvalue weighted by molar-refractivity contribution is 0.0834. The summed E-state index contributed by atoms with van der Waals surface area (Å²) in [6, 6.07) is 7.10. The van der Waals surface area contributed by atoms with Crippen LogP contribution in [-0.2, 0) is 0 Å². The summed E-state index contributed by atoms with van der Waals surface area (Å²) in [7, 11) is 0. The first kappa shape index (κ1) is 16.0. The molecule has 5 nitrogen and oxygen atoms in total. The smallest absolute Gasteiger partial charge is 0.251 e. The van der Waals surface area contributed by atoms with Crippen LogP contribution in [-0.4, -0.2) is 52.8 Å². The fourth-order valence-corrected chi connectivity index (χ4v) is 2.07. The zero-order chi connectivity index (χ0) is 14.1. The van der Waals surface area contributed by atoms with Gasteiger partial charge in [-0.1, -0.05) is 0 Å². The average Bonchev–Trinajstić information content (AvgIpc) is 2.45. The molecule has 1 aromatic carbocycles. The largest absolute Gasteiger partial charge is 0.396 e. The van der Waals surface area contributed by atoms with Crippen molar-refractivity contribution in [2.24, 2.45) is 0 Å². The number of aliphatic hydroxyl groups is 3. The highest BCUT2D eigenvalue weighted by Gasteiger charge is 2.06. The predicted octanol–water partition coefficient (Wildman–Crippen LogP) is 0.244. The van der Waals surface area contributed by atoms with Crippen LogP contribution in [0.1, 0.15) is 16.8 Å². The highest BCUT2D eigenvalue weighted by atomic mass is 32.2. The van der Waals surface area contributed by atoms with E-state index in [-0.39, 0.29) is 19.1 Å². The van der Waals surface area contributed by atoms with Crippen LogP contribution in [0, 0.1) is 0 Å². The Hall–Kier alpha value is -1.08. The molecular weight excluding hydrogens is 266 g/mol. The minimum atomic E-state index is -0.794. The van der Waals surface area contributed by atoms with Crippen molar-refractivity contribution in [1.82, 2.24) is 5.32 Å². The Morgan fingerprint density at radius 3 is 2.53 bits per heavy atom. The molecule has 0 saturated heterocycles. The topological polar surface area (TPSA) is 89.8 Å². The zero-order valence-electron chi connectivity index (χ0n) is 10.6. The van der Waals surface area contributed by atoms with E-state index < -0.39 is 6.10 Å². The Morgan fingerprint density at radius 1 is 1.26 bits per heavy atom. The lowest BCUT2D eigenvalue weighted by Crippen LogP contribution is -2.28. The van der Waals surface area contributed by atoms with Gasteiger partial charge in [-0.2, -0.15) is 0 Å². The molecule has 0 spiro atoms. The Kier molecular flexibility index (Phi) is 7.50. The molecule has 6 heteroatoms. The number of aliphatic hydroxyl groups excluding tert-OH is 3. The number of nitrogens with one attached hydrogen (secondary N) is 1. The van der Waals surface area contributed by atoms with Crippen LogP contribution in [0.4, 0.5) is 0 Å². The summed E-state index contributed by atoms with van der Waals surface area (Å²) >= 11 is 1.52. The number of benzene rings is 1. The first-order chi connectivity index (χ1) is 9.17. The normalized spacial score (nSPS) is 12.2. The third kappa shape index (κ3) is 6.07. The molecule has 0 fully saturated rings. The molecule has 0 aliphatic rings. The SMILES string of the molecule is O=C(NCC[C@@H](O)CO)c1ccc(SCCO)cc1. The van der Waals surface area contributed by atoms with E-state index in [2.05, 4.69) is 5.32 Å². The summed E-state index contributed by atoms with van der Waals surface area (Å²) in [6.07, 6.45) is -0.468. The third-order valence-electron chi connectivity index (χ3n) is 2.45. The van der Waals surface area contributed by atoms with Crippen LogP contribution in [0.3, 0.4) is 0 Å². The molecule has 4 N–H and O–H groups in total. The minimum absolute atomic E-state index is 0.125. The second kappa shape index (κ2) is 8.92. The van der Waals surface area contributed by atoms with Gasteiger partial charge in [0.1, 0.15) is 0 Å². The Labute approximate surface area is 116 Å². The Bertz CT molecular complexity index is 383. The van der Waals surface area contributed by atoms with Gasteiger partial charge >= 0.3 is 0 Å². The lowest BCUT2D eigenvalue weighted by atomic mass is 10.2. The van der Waals surface area contributed by atoms with Gasteiger partial charge in [0.25, 0.3) is 5.91 Å². The van der Waals surface area contributed by atoms with Gasteiger partial charge in [0.2, 0.25) is 0 Å². The number of carbonyl (C=O) groups excluding carboxylic acids is 1. The standard InChI is InChI=1S/C13H19NO4S/c15-7-8-19-12-3-1-10(2-4-12)13(18)14-6-5-11(17)9-16/h1-4,11,15-17H,5-9H2,(H,14,18)/t11-/m1/s1. The van der Waals surface area contributed by atoms with Crippen LogP contribution in [0.25, 0.3) is 0 Å². The molecule has 0 saturated carbocycles. The van der Waals surface area contributed by atoms with Crippen molar-refractivity contribution in [3.63, 3.8) is 0 Å². The van der Waals surface area contributed by atoms with Crippen molar-refractivity contribution in [3.8, 4) is 0 Å². The maximum Gasteiger partial charge on any atom is 0.251 e. The van der Waals surface area contributed by atoms with Crippen molar-refractivity contribution in [2.45, 2.75) is 17.4 Å². The van der Waals surface area contributed by atoms with Crippen molar-refractivity contribution < 1.29 is 20.1 Å². The number of rotatable bonds is 8. The molecule has 0 heterocycles. The Morgan fingerprint density at radius 2 is 1.95 bits per heavy atom. The molecule has 19 heavy (non-hydrogen) atoms. The van der Waals surface area contributed by atoms with Crippen LogP contribution < -0.4 is 5.32 Å². The molecule has 1 atom stereocenters. The quantitative estimate of drug-likeness (QED) is 0.514. The summed E-state index contributed by atoms with van der Waals surface area (Å²) in [4.78, 5) is 12.7. The van der Waals surface area contributed by atoms with Crippen LogP contribution in [0.5, 0.6) is 0 Å². The van der Waals surface area contributed by atoms with E-state index in [1.807, 2.05) is 12.1 Å². The van der Waals surface area contributed by atoms with Crippen LogP contribution in [0.15, 0.2) is 29.2 Å². The van der Waals surface area contributed by atoms with Gasteiger partial charge in [0.05, 0.1) is 19.3 Å². The molecule has 0 radical (unpaired) electrons. The van der Waals surface area contributed by atoms with E-state index in [1.165, 1.54) is 11.8 Å². The maximum absolute atomic E-state index is 11.7. The third-order valence-corrected chi connectivity index (χ3v) is 3.44. The van der Waals surface area contributed by atoms with Gasteiger partial charge in [-0.3, -0.25) is 4.79 Å². The van der Waals surface area contributed by atoms with E-state index in [1.54, 1.807) is 12.1 Å². The first-order valence-corrected chi connectivity index (χ1v) is 7.06. The molecule has 1 aromatic rings. The molecule has 1 amide bonds. The molecule has 0 aliphatic carbocycles. The number of hydrogen-bond acceptors (Lipinski definition) is 5. The first-order valence-electron chi connectivity index (χ1n) is 6.08. The molecular formula is C13H19NO4S. The molecule has 1 rings (SSSR count). The van der Waals surface area contributed by atoms with Crippen molar-refractivity contribution >= 4 is 17.7 Å². The van der Waals surface area contributed by atoms with Crippen LogP contribution in [0.2, 0.25) is 0 Å². The monoisotopic (exact) mass is 285 g/mol. The van der Waals surface area contributed by atoms with Gasteiger partial charge < -0.3 is 20.6 Å². The van der Waals surface area contributed by atoms with Crippen molar-refractivity contribution in [2.75, 3.05) is 25.5 Å².